The van der Waals surface area contributed by atoms with E-state index in [1.807, 2.05) is 31.2 Å². The van der Waals surface area contributed by atoms with Crippen molar-refractivity contribution in [1.82, 2.24) is 19.9 Å². The van der Waals surface area contributed by atoms with Gasteiger partial charge < -0.3 is 0 Å². The van der Waals surface area contributed by atoms with Gasteiger partial charge in [0, 0.05) is 17.1 Å². The summed E-state index contributed by atoms with van der Waals surface area (Å²) in [4.78, 5) is 17.0. The number of benzene rings is 1. The maximum absolute atomic E-state index is 5.34. The fourth-order valence-electron chi connectivity index (χ4n) is 1.75. The van der Waals surface area contributed by atoms with Crippen molar-refractivity contribution in [3.8, 4) is 0 Å². The van der Waals surface area contributed by atoms with Crippen molar-refractivity contribution in [3.63, 3.8) is 0 Å². The second-order valence-corrected chi connectivity index (χ2v) is 5.10. The topological polar surface area (TPSA) is 89.6 Å². The van der Waals surface area contributed by atoms with E-state index in [9.17, 15) is 0 Å². The first-order valence-corrected chi connectivity index (χ1v) is 6.77. The molecule has 20 heavy (non-hydrogen) atoms. The van der Waals surface area contributed by atoms with Gasteiger partial charge in [0.1, 0.15) is 16.4 Å². The van der Waals surface area contributed by atoms with Crippen molar-refractivity contribution in [3.05, 3.63) is 42.4 Å². The summed E-state index contributed by atoms with van der Waals surface area (Å²) in [5, 5.41) is 2.68. The lowest BCUT2D eigenvalue weighted by Gasteiger charge is -2.07. The van der Waals surface area contributed by atoms with Gasteiger partial charge in [-0.3, -0.25) is 5.43 Å². The molecule has 0 radical (unpaired) electrons. The normalized spacial score (nSPS) is 10.7. The van der Waals surface area contributed by atoms with Crippen molar-refractivity contribution in [2.75, 3.05) is 5.43 Å². The number of nitrogens with zero attached hydrogens (tertiary/aromatic N) is 4. The number of hydrogen-bond donors (Lipinski definition) is 2. The molecule has 0 unspecified atom stereocenters. The molecule has 0 saturated carbocycles. The van der Waals surface area contributed by atoms with Gasteiger partial charge in [0.15, 0.2) is 0 Å². The van der Waals surface area contributed by atoms with E-state index in [0.29, 0.717) is 5.95 Å². The van der Waals surface area contributed by atoms with Gasteiger partial charge >= 0.3 is 0 Å². The average molecular weight is 284 g/mol. The SMILES string of the molecule is Cc1cnc(NN)nc1Sc1ncnc2ccccc12. The average Bonchev–Trinajstić information content (AvgIpc) is 2.50. The predicted octanol–water partition coefficient (Wildman–Crippen LogP) is 2.17. The van der Waals surface area contributed by atoms with E-state index >= 15 is 0 Å². The Hall–Kier alpha value is -2.25. The zero-order valence-corrected chi connectivity index (χ0v) is 11.6. The van der Waals surface area contributed by atoms with Crippen LogP contribution in [0.4, 0.5) is 5.95 Å². The third-order valence-electron chi connectivity index (χ3n) is 2.75. The second-order valence-electron chi connectivity index (χ2n) is 4.12. The van der Waals surface area contributed by atoms with Gasteiger partial charge in [0.05, 0.1) is 5.52 Å². The molecule has 0 bridgehead atoms. The highest BCUT2D eigenvalue weighted by Gasteiger charge is 2.09. The molecule has 0 aliphatic carbocycles. The van der Waals surface area contributed by atoms with Crippen LogP contribution >= 0.6 is 11.8 Å². The number of nitrogens with one attached hydrogen (secondary N) is 1. The van der Waals surface area contributed by atoms with Gasteiger partial charge in [0.25, 0.3) is 0 Å². The number of aromatic nitrogens is 4. The summed E-state index contributed by atoms with van der Waals surface area (Å²) in [5.41, 5.74) is 4.33. The minimum absolute atomic E-state index is 0.386. The van der Waals surface area contributed by atoms with E-state index in [1.54, 1.807) is 12.5 Å². The predicted molar refractivity (Wildman–Crippen MR) is 78.2 cm³/mol. The molecule has 0 fully saturated rings. The number of rotatable bonds is 3. The molecule has 2 heterocycles. The number of aryl methyl sites for hydroxylation is 1. The number of para-hydroxylation sites is 1. The Labute approximate surface area is 119 Å². The van der Waals surface area contributed by atoms with Crippen LogP contribution < -0.4 is 11.3 Å². The Morgan fingerprint density at radius 2 is 1.95 bits per heavy atom. The van der Waals surface area contributed by atoms with Crippen molar-refractivity contribution < 1.29 is 0 Å². The van der Waals surface area contributed by atoms with Gasteiger partial charge in [-0.2, -0.15) is 0 Å². The minimum atomic E-state index is 0.386. The Morgan fingerprint density at radius 3 is 2.80 bits per heavy atom. The molecule has 3 N–H and O–H groups in total. The first-order chi connectivity index (χ1) is 9.78. The van der Waals surface area contributed by atoms with Crippen molar-refractivity contribution in [2.45, 2.75) is 17.0 Å². The van der Waals surface area contributed by atoms with Crippen LogP contribution in [-0.4, -0.2) is 19.9 Å². The first-order valence-electron chi connectivity index (χ1n) is 5.96. The zero-order chi connectivity index (χ0) is 13.9. The molecule has 0 amide bonds. The molecule has 0 aliphatic heterocycles. The van der Waals surface area contributed by atoms with Crippen LogP contribution in [-0.2, 0) is 0 Å². The van der Waals surface area contributed by atoms with Crippen molar-refractivity contribution in [1.29, 1.82) is 0 Å². The van der Waals surface area contributed by atoms with Crippen LogP contribution in [0.3, 0.4) is 0 Å². The maximum atomic E-state index is 5.34. The van der Waals surface area contributed by atoms with Crippen LogP contribution in [0.2, 0.25) is 0 Å². The van der Waals surface area contributed by atoms with Gasteiger partial charge in [-0.15, -0.1) is 0 Å². The minimum Gasteiger partial charge on any atom is -0.292 e. The lowest BCUT2D eigenvalue weighted by Crippen LogP contribution is -2.10. The number of nitrogen functional groups attached to an aromatic ring is 1. The van der Waals surface area contributed by atoms with Crippen molar-refractivity contribution >= 4 is 28.6 Å². The van der Waals surface area contributed by atoms with E-state index < -0.39 is 0 Å². The fraction of sp³-hybridized carbons (Fsp3) is 0.0769. The van der Waals surface area contributed by atoms with Crippen LogP contribution in [0.5, 0.6) is 0 Å². The molecule has 7 heteroatoms. The Balaban J connectivity index is 2.05. The van der Waals surface area contributed by atoms with E-state index in [4.69, 9.17) is 5.84 Å². The summed E-state index contributed by atoms with van der Waals surface area (Å²) < 4.78 is 0. The van der Waals surface area contributed by atoms with Gasteiger partial charge in [-0.1, -0.05) is 18.2 Å². The van der Waals surface area contributed by atoms with E-state index in [0.717, 1.165) is 26.5 Å². The quantitative estimate of drug-likeness (QED) is 0.433. The molecule has 0 aliphatic rings. The molecular weight excluding hydrogens is 272 g/mol. The fourth-order valence-corrected chi connectivity index (χ4v) is 2.66. The molecule has 0 atom stereocenters. The van der Waals surface area contributed by atoms with E-state index in [2.05, 4.69) is 25.4 Å². The summed E-state index contributed by atoms with van der Waals surface area (Å²) in [6.45, 7) is 1.95. The Morgan fingerprint density at radius 1 is 1.10 bits per heavy atom. The number of hydrogen-bond acceptors (Lipinski definition) is 7. The Kier molecular flexibility index (Phi) is 3.44. The molecule has 2 aromatic heterocycles. The molecule has 6 nitrogen and oxygen atoms in total. The molecule has 100 valence electrons. The summed E-state index contributed by atoms with van der Waals surface area (Å²) >= 11 is 1.48. The number of hydrazine groups is 1. The van der Waals surface area contributed by atoms with Gasteiger partial charge in [-0.25, -0.2) is 25.8 Å². The molecule has 0 spiro atoms. The molecule has 3 aromatic rings. The molecule has 0 saturated heterocycles. The standard InChI is InChI=1S/C13H12N6S/c1-8-6-15-13(19-14)18-11(8)20-12-9-4-2-3-5-10(9)16-7-17-12/h2-7H,14H2,1H3,(H,15,18,19). The highest BCUT2D eigenvalue weighted by Crippen LogP contribution is 2.31. The second kappa shape index (κ2) is 5.40. The molecule has 1 aromatic carbocycles. The van der Waals surface area contributed by atoms with E-state index in [1.165, 1.54) is 11.8 Å². The summed E-state index contributed by atoms with van der Waals surface area (Å²) in [6.07, 6.45) is 3.29. The van der Waals surface area contributed by atoms with Crippen LogP contribution in [0.15, 0.2) is 46.8 Å². The summed E-state index contributed by atoms with van der Waals surface area (Å²) in [6, 6.07) is 7.88. The Bertz CT molecular complexity index is 755. The number of nitrogens with two attached hydrogens (primary N) is 1. The highest BCUT2D eigenvalue weighted by atomic mass is 32.2. The van der Waals surface area contributed by atoms with Crippen LogP contribution in [0.25, 0.3) is 10.9 Å². The van der Waals surface area contributed by atoms with Crippen LogP contribution in [0.1, 0.15) is 5.56 Å². The lowest BCUT2D eigenvalue weighted by atomic mass is 10.2. The zero-order valence-electron chi connectivity index (χ0n) is 10.7. The number of fused-ring (bicyclic) bond motifs is 1. The number of anilines is 1. The van der Waals surface area contributed by atoms with Gasteiger partial charge in [-0.05, 0) is 24.8 Å². The summed E-state index contributed by atoms with van der Waals surface area (Å²) in [5.74, 6) is 5.73. The maximum Gasteiger partial charge on any atom is 0.238 e. The van der Waals surface area contributed by atoms with E-state index in [-0.39, 0.29) is 0 Å². The largest absolute Gasteiger partial charge is 0.292 e. The van der Waals surface area contributed by atoms with Crippen molar-refractivity contribution in [2.24, 2.45) is 5.84 Å². The molecular formula is C13H12N6S. The third-order valence-corrected chi connectivity index (χ3v) is 3.88. The first kappa shape index (κ1) is 12.8. The van der Waals surface area contributed by atoms with Crippen LogP contribution in [0, 0.1) is 6.92 Å². The lowest BCUT2D eigenvalue weighted by molar-refractivity contribution is 0.987. The van der Waals surface area contributed by atoms with Gasteiger partial charge in [0.2, 0.25) is 5.95 Å². The third kappa shape index (κ3) is 2.40. The smallest absolute Gasteiger partial charge is 0.238 e. The summed E-state index contributed by atoms with van der Waals surface area (Å²) in [7, 11) is 0. The highest BCUT2D eigenvalue weighted by molar-refractivity contribution is 7.99. The molecule has 3 rings (SSSR count). The monoisotopic (exact) mass is 284 g/mol.